The molecule has 1 rings (SSSR count). The molecule has 0 saturated carbocycles. The predicted molar refractivity (Wildman–Crippen MR) is 50.7 cm³/mol. The molecule has 1 aromatic carbocycles. The highest BCUT2D eigenvalue weighted by Gasteiger charge is 2.15. The Kier molecular flexibility index (Phi) is 3.73. The van der Waals surface area contributed by atoms with Crippen LogP contribution >= 0.6 is 15.9 Å². The van der Waals surface area contributed by atoms with E-state index in [9.17, 15) is 18.0 Å². The van der Waals surface area contributed by atoms with Crippen LogP contribution in [-0.4, -0.2) is 12.4 Å². The maximum Gasteiger partial charge on any atom is 0.387 e. The molecule has 15 heavy (non-hydrogen) atoms. The Morgan fingerprint density at radius 1 is 1.47 bits per heavy atom. The number of halogens is 4. The first-order valence-corrected chi connectivity index (χ1v) is 4.66. The molecule has 0 unspecified atom stereocenters. The van der Waals surface area contributed by atoms with Gasteiger partial charge in [-0.2, -0.15) is 8.78 Å². The Morgan fingerprint density at radius 3 is 2.53 bits per heavy atom. The summed E-state index contributed by atoms with van der Waals surface area (Å²) in [5.74, 6) is -1.72. The lowest BCUT2D eigenvalue weighted by Crippen LogP contribution is -2.05. The summed E-state index contributed by atoms with van der Waals surface area (Å²) in [4.78, 5) is 10.9. The summed E-state index contributed by atoms with van der Waals surface area (Å²) in [5, 5.41) is 0. The molecule has 0 aliphatic heterocycles. The molecule has 1 aromatic rings. The van der Waals surface area contributed by atoms with Crippen LogP contribution < -0.4 is 4.74 Å². The Labute approximate surface area is 92.2 Å². The second-order valence-corrected chi connectivity index (χ2v) is 3.55. The zero-order valence-electron chi connectivity index (χ0n) is 7.56. The van der Waals surface area contributed by atoms with E-state index in [-0.39, 0.29) is 15.8 Å². The molecule has 0 radical (unpaired) electrons. The Balaban J connectivity index is 3.13. The fraction of sp³-hybridized carbons (Fsp3) is 0.222. The fourth-order valence-electron chi connectivity index (χ4n) is 0.985. The highest BCUT2D eigenvalue weighted by molar-refractivity contribution is 9.10. The van der Waals surface area contributed by atoms with Crippen LogP contribution in [-0.2, 0) is 0 Å². The average Bonchev–Trinajstić information content (AvgIpc) is 2.09. The molecular formula is C9H6BrF3O2. The highest BCUT2D eigenvalue weighted by atomic mass is 79.9. The van der Waals surface area contributed by atoms with Gasteiger partial charge in [-0.3, -0.25) is 4.79 Å². The Morgan fingerprint density at radius 2 is 2.07 bits per heavy atom. The molecule has 0 aromatic heterocycles. The van der Waals surface area contributed by atoms with Crippen molar-refractivity contribution in [3.05, 3.63) is 28.0 Å². The van der Waals surface area contributed by atoms with Gasteiger partial charge in [-0.1, -0.05) is 0 Å². The van der Waals surface area contributed by atoms with Crippen LogP contribution in [0.5, 0.6) is 5.75 Å². The van der Waals surface area contributed by atoms with Crippen molar-refractivity contribution in [3.63, 3.8) is 0 Å². The molecule has 0 amide bonds. The van der Waals surface area contributed by atoms with Crippen molar-refractivity contribution in [2.75, 3.05) is 0 Å². The number of alkyl halides is 2. The van der Waals surface area contributed by atoms with Gasteiger partial charge in [0.2, 0.25) is 0 Å². The molecule has 6 heteroatoms. The maximum atomic E-state index is 13.2. The molecule has 0 spiro atoms. The molecule has 0 atom stereocenters. The van der Waals surface area contributed by atoms with Gasteiger partial charge in [-0.25, -0.2) is 4.39 Å². The lowest BCUT2D eigenvalue weighted by atomic mass is 10.1. The molecule has 82 valence electrons. The fourth-order valence-corrected chi connectivity index (χ4v) is 1.42. The van der Waals surface area contributed by atoms with Crippen LogP contribution in [0.3, 0.4) is 0 Å². The molecule has 0 heterocycles. The van der Waals surface area contributed by atoms with E-state index in [1.54, 1.807) is 0 Å². The van der Waals surface area contributed by atoms with Gasteiger partial charge in [0.05, 0.1) is 10.0 Å². The molecule has 0 aliphatic rings. The van der Waals surface area contributed by atoms with Gasteiger partial charge < -0.3 is 4.74 Å². The Hall–Kier alpha value is -1.04. The van der Waals surface area contributed by atoms with Gasteiger partial charge in [0, 0.05) is 6.07 Å². The van der Waals surface area contributed by atoms with Gasteiger partial charge >= 0.3 is 6.61 Å². The number of rotatable bonds is 3. The number of benzene rings is 1. The summed E-state index contributed by atoms with van der Waals surface area (Å²) in [7, 11) is 0. The smallest absolute Gasteiger partial charge is 0.387 e. The first kappa shape index (κ1) is 12.0. The Bertz CT molecular complexity index is 393. The van der Waals surface area contributed by atoms with E-state index in [1.807, 2.05) is 0 Å². The molecule has 0 bridgehead atoms. The van der Waals surface area contributed by atoms with E-state index in [2.05, 4.69) is 20.7 Å². The summed E-state index contributed by atoms with van der Waals surface area (Å²) >= 11 is 2.90. The summed E-state index contributed by atoms with van der Waals surface area (Å²) in [6, 6.07) is 1.85. The van der Waals surface area contributed by atoms with Gasteiger partial charge in [-0.15, -0.1) is 0 Å². The van der Waals surface area contributed by atoms with Gasteiger partial charge in [0.25, 0.3) is 0 Å². The van der Waals surface area contributed by atoms with E-state index in [4.69, 9.17) is 0 Å². The number of ketones is 1. The van der Waals surface area contributed by atoms with Crippen molar-refractivity contribution in [1.82, 2.24) is 0 Å². The number of hydrogen-bond acceptors (Lipinski definition) is 2. The number of carbonyl (C=O) groups excluding carboxylic acids is 1. The number of carbonyl (C=O) groups is 1. The first-order chi connectivity index (χ1) is 6.91. The van der Waals surface area contributed by atoms with E-state index in [0.717, 1.165) is 12.1 Å². The van der Waals surface area contributed by atoms with E-state index < -0.39 is 18.2 Å². The minimum Gasteiger partial charge on any atom is -0.434 e. The lowest BCUT2D eigenvalue weighted by Gasteiger charge is -2.08. The quantitative estimate of drug-likeness (QED) is 0.795. The minimum absolute atomic E-state index is 0.106. The third-order valence-corrected chi connectivity index (χ3v) is 2.24. The van der Waals surface area contributed by atoms with Gasteiger partial charge in [0.1, 0.15) is 11.6 Å². The van der Waals surface area contributed by atoms with E-state index in [0.29, 0.717) is 0 Å². The average molecular weight is 283 g/mol. The zero-order valence-corrected chi connectivity index (χ0v) is 9.15. The first-order valence-electron chi connectivity index (χ1n) is 3.86. The second-order valence-electron chi connectivity index (χ2n) is 2.70. The van der Waals surface area contributed by atoms with E-state index >= 15 is 0 Å². The zero-order chi connectivity index (χ0) is 11.6. The van der Waals surface area contributed by atoms with Crippen LogP contribution in [0, 0.1) is 5.82 Å². The summed E-state index contributed by atoms with van der Waals surface area (Å²) in [5.41, 5.74) is -0.177. The number of Topliss-reactive ketones (excluding diaryl/α,β-unsaturated/α-hetero) is 1. The molecule has 0 aliphatic carbocycles. The maximum absolute atomic E-state index is 13.2. The second kappa shape index (κ2) is 4.65. The van der Waals surface area contributed by atoms with Crippen molar-refractivity contribution < 1.29 is 22.7 Å². The normalized spacial score (nSPS) is 10.5. The highest BCUT2D eigenvalue weighted by Crippen LogP contribution is 2.29. The topological polar surface area (TPSA) is 26.3 Å². The predicted octanol–water partition coefficient (Wildman–Crippen LogP) is 3.39. The number of hydrogen-bond donors (Lipinski definition) is 0. The van der Waals surface area contributed by atoms with Crippen LogP contribution in [0.25, 0.3) is 0 Å². The summed E-state index contributed by atoms with van der Waals surface area (Å²) in [6.45, 7) is -1.86. The third kappa shape index (κ3) is 2.95. The molecular weight excluding hydrogens is 277 g/mol. The summed E-state index contributed by atoms with van der Waals surface area (Å²) in [6.07, 6.45) is 0. The van der Waals surface area contributed by atoms with Crippen molar-refractivity contribution in [3.8, 4) is 5.75 Å². The molecule has 0 fully saturated rings. The van der Waals surface area contributed by atoms with Crippen molar-refractivity contribution in [2.24, 2.45) is 0 Å². The summed E-state index contributed by atoms with van der Waals surface area (Å²) < 4.78 is 41.0. The van der Waals surface area contributed by atoms with Crippen molar-refractivity contribution >= 4 is 21.7 Å². The SMILES string of the molecule is CC(=O)c1cc(Br)c(OC(F)F)cc1F. The van der Waals surface area contributed by atoms with Crippen LogP contribution in [0.1, 0.15) is 17.3 Å². The monoisotopic (exact) mass is 282 g/mol. The largest absolute Gasteiger partial charge is 0.434 e. The van der Waals surface area contributed by atoms with Crippen molar-refractivity contribution in [2.45, 2.75) is 13.5 Å². The standard InChI is InChI=1S/C9H6BrF3O2/c1-4(14)5-2-6(10)8(3-7(5)11)15-9(12)13/h2-3,9H,1H3. The van der Waals surface area contributed by atoms with E-state index in [1.165, 1.54) is 6.92 Å². The van der Waals surface area contributed by atoms with Gasteiger partial charge in [-0.05, 0) is 28.9 Å². The van der Waals surface area contributed by atoms with Crippen LogP contribution in [0.4, 0.5) is 13.2 Å². The minimum atomic E-state index is -3.04. The van der Waals surface area contributed by atoms with Gasteiger partial charge in [0.15, 0.2) is 5.78 Å². The van der Waals surface area contributed by atoms with Crippen molar-refractivity contribution in [1.29, 1.82) is 0 Å². The van der Waals surface area contributed by atoms with Crippen LogP contribution in [0.2, 0.25) is 0 Å². The molecule has 0 saturated heterocycles. The van der Waals surface area contributed by atoms with Crippen LogP contribution in [0.15, 0.2) is 16.6 Å². The molecule has 0 N–H and O–H groups in total. The molecule has 2 nitrogen and oxygen atoms in total. The lowest BCUT2D eigenvalue weighted by molar-refractivity contribution is -0.0505. The third-order valence-electron chi connectivity index (χ3n) is 1.62. The number of ether oxygens (including phenoxy) is 1.